The average Bonchev–Trinajstić information content (AvgIpc) is 2.70. The molecule has 0 amide bonds. The van der Waals surface area contributed by atoms with Crippen LogP contribution in [0, 0.1) is 5.82 Å². The lowest BCUT2D eigenvalue weighted by Crippen LogP contribution is -2.37. The lowest BCUT2D eigenvalue weighted by Gasteiger charge is -2.28. The number of ether oxygens (including phenoxy) is 2. The molecular weight excluding hydrogens is 447 g/mol. The maximum Gasteiger partial charge on any atom is 0.241 e. The number of benzene rings is 2. The Kier molecular flexibility index (Phi) is 10.5. The Hall–Kier alpha value is -2.07. The summed E-state index contributed by atoms with van der Waals surface area (Å²) in [6.45, 7) is 6.83. The molecule has 2 aromatic carbocycles. The third-order valence-electron chi connectivity index (χ3n) is 4.45. The summed E-state index contributed by atoms with van der Waals surface area (Å²) in [5.41, 5.74) is 0.746. The molecule has 10 heteroatoms. The van der Waals surface area contributed by atoms with Crippen LogP contribution in [0.15, 0.2) is 41.3 Å². The van der Waals surface area contributed by atoms with Crippen LogP contribution >= 0.6 is 12.4 Å². The van der Waals surface area contributed by atoms with E-state index >= 15 is 0 Å². The van der Waals surface area contributed by atoms with Crippen LogP contribution in [0.2, 0.25) is 0 Å². The van der Waals surface area contributed by atoms with Crippen LogP contribution in [-0.2, 0) is 16.4 Å². The first kappa shape index (κ1) is 27.0. The molecule has 1 atom stereocenters. The van der Waals surface area contributed by atoms with Gasteiger partial charge in [-0.15, -0.1) is 17.5 Å². The van der Waals surface area contributed by atoms with Gasteiger partial charge in [-0.1, -0.05) is 13.0 Å². The van der Waals surface area contributed by atoms with E-state index in [-0.39, 0.29) is 34.8 Å². The summed E-state index contributed by atoms with van der Waals surface area (Å²) >= 11 is 0. The zero-order chi connectivity index (χ0) is 22.3. The van der Waals surface area contributed by atoms with E-state index < -0.39 is 15.8 Å². The van der Waals surface area contributed by atoms with Crippen LogP contribution in [-0.4, -0.2) is 39.8 Å². The van der Waals surface area contributed by atoms with Gasteiger partial charge in [0.1, 0.15) is 16.5 Å². The summed E-state index contributed by atoms with van der Waals surface area (Å²) in [7, 11) is -2.54. The van der Waals surface area contributed by atoms with Gasteiger partial charge in [0.05, 0.1) is 13.7 Å². The third kappa shape index (κ3) is 7.53. The number of primary sulfonamides is 1. The number of hydroxylamine groups is 2. The summed E-state index contributed by atoms with van der Waals surface area (Å²) in [5.74, 6) is 0.516. The van der Waals surface area contributed by atoms with Crippen LogP contribution in [0.4, 0.5) is 4.39 Å². The molecule has 0 fully saturated rings. The topological polar surface area (TPSA) is 91.1 Å². The number of halogens is 2. The minimum absolute atomic E-state index is 0. The number of nitrogens with zero attached hydrogens (tertiary/aromatic N) is 1. The molecule has 174 valence electrons. The van der Waals surface area contributed by atoms with Gasteiger partial charge in [-0.3, -0.25) is 0 Å². The van der Waals surface area contributed by atoms with Crippen molar-refractivity contribution in [1.29, 1.82) is 0 Å². The SMILES string of the molecule is CCCOc1ccc(F)cc1ON(CC)C(C)Cc1ccc(OC)c(S(N)(=O)=O)c1.Cl. The van der Waals surface area contributed by atoms with Crippen molar-refractivity contribution in [3.05, 3.63) is 47.8 Å². The maximum absolute atomic E-state index is 13.8. The van der Waals surface area contributed by atoms with Gasteiger partial charge < -0.3 is 14.3 Å². The minimum Gasteiger partial charge on any atom is -0.495 e. The van der Waals surface area contributed by atoms with Crippen LogP contribution < -0.4 is 19.5 Å². The van der Waals surface area contributed by atoms with E-state index in [0.717, 1.165) is 12.0 Å². The number of nitrogens with two attached hydrogens (primary N) is 1. The molecule has 7 nitrogen and oxygen atoms in total. The highest BCUT2D eigenvalue weighted by Gasteiger charge is 2.20. The molecule has 2 rings (SSSR count). The highest BCUT2D eigenvalue weighted by atomic mass is 35.5. The van der Waals surface area contributed by atoms with Gasteiger partial charge in [-0.05, 0) is 56.5 Å². The second-order valence-corrected chi connectivity index (χ2v) is 8.38. The van der Waals surface area contributed by atoms with Gasteiger partial charge in [0.25, 0.3) is 0 Å². The highest BCUT2D eigenvalue weighted by molar-refractivity contribution is 7.89. The Labute approximate surface area is 189 Å². The Morgan fingerprint density at radius 1 is 1.10 bits per heavy atom. The molecule has 0 saturated heterocycles. The van der Waals surface area contributed by atoms with Gasteiger partial charge in [-0.2, -0.15) is 0 Å². The standard InChI is InChI=1S/C21H29FN2O5S.ClH/c1-5-11-28-18-10-8-17(22)14-20(18)29-24(6-2)15(3)12-16-7-9-19(27-4)21(13-16)30(23,25)26;/h7-10,13-15H,5-6,11-12H2,1-4H3,(H2,23,25,26);1H. The first-order valence-electron chi connectivity index (χ1n) is 9.76. The van der Waals surface area contributed by atoms with Crippen LogP contribution in [0.5, 0.6) is 17.2 Å². The van der Waals surface area contributed by atoms with Crippen molar-refractivity contribution in [2.24, 2.45) is 5.14 Å². The van der Waals surface area contributed by atoms with Crippen molar-refractivity contribution >= 4 is 22.4 Å². The van der Waals surface area contributed by atoms with Gasteiger partial charge in [0, 0.05) is 18.7 Å². The van der Waals surface area contributed by atoms with Crippen molar-refractivity contribution in [2.75, 3.05) is 20.3 Å². The lowest BCUT2D eigenvalue weighted by atomic mass is 10.1. The summed E-state index contributed by atoms with van der Waals surface area (Å²) in [5, 5.41) is 6.99. The fraction of sp³-hybridized carbons (Fsp3) is 0.429. The molecule has 0 aliphatic heterocycles. The molecule has 0 saturated carbocycles. The number of rotatable bonds is 11. The minimum atomic E-state index is -3.93. The van der Waals surface area contributed by atoms with Crippen molar-refractivity contribution < 1.29 is 27.1 Å². The van der Waals surface area contributed by atoms with Crippen LogP contribution in [0.1, 0.15) is 32.8 Å². The van der Waals surface area contributed by atoms with E-state index in [0.29, 0.717) is 25.3 Å². The van der Waals surface area contributed by atoms with Crippen molar-refractivity contribution in [1.82, 2.24) is 5.06 Å². The number of likely N-dealkylation sites (N-methyl/N-ethyl adjacent to an activating group) is 1. The second kappa shape index (κ2) is 12.1. The largest absolute Gasteiger partial charge is 0.495 e. The Bertz CT molecular complexity index is 959. The molecular formula is C21H30ClFN2O5S. The monoisotopic (exact) mass is 476 g/mol. The zero-order valence-corrected chi connectivity index (χ0v) is 19.8. The summed E-state index contributed by atoms with van der Waals surface area (Å²) in [6.07, 6.45) is 1.29. The quantitative estimate of drug-likeness (QED) is 0.494. The molecule has 0 aromatic heterocycles. The predicted octanol–water partition coefficient (Wildman–Crippen LogP) is 3.94. The molecule has 0 heterocycles. The first-order valence-corrected chi connectivity index (χ1v) is 11.3. The van der Waals surface area contributed by atoms with E-state index in [2.05, 4.69) is 0 Å². The average molecular weight is 477 g/mol. The molecule has 0 bridgehead atoms. The molecule has 31 heavy (non-hydrogen) atoms. The number of sulfonamides is 1. The fourth-order valence-corrected chi connectivity index (χ4v) is 3.74. The Morgan fingerprint density at radius 2 is 1.77 bits per heavy atom. The van der Waals surface area contributed by atoms with E-state index in [1.54, 1.807) is 23.3 Å². The molecule has 2 aromatic rings. The van der Waals surface area contributed by atoms with Gasteiger partial charge in [-0.25, -0.2) is 17.9 Å². The van der Waals surface area contributed by atoms with Crippen LogP contribution in [0.3, 0.4) is 0 Å². The molecule has 0 aliphatic carbocycles. The summed E-state index contributed by atoms with van der Waals surface area (Å²) in [6, 6.07) is 8.84. The van der Waals surface area contributed by atoms with E-state index in [9.17, 15) is 12.8 Å². The number of methoxy groups -OCH3 is 1. The van der Waals surface area contributed by atoms with Crippen molar-refractivity contribution in [3.8, 4) is 17.2 Å². The van der Waals surface area contributed by atoms with Gasteiger partial charge >= 0.3 is 0 Å². The zero-order valence-electron chi connectivity index (χ0n) is 18.1. The van der Waals surface area contributed by atoms with Gasteiger partial charge in [0.2, 0.25) is 10.0 Å². The van der Waals surface area contributed by atoms with Crippen LogP contribution in [0.25, 0.3) is 0 Å². The molecule has 0 spiro atoms. The molecule has 0 aliphatic rings. The highest BCUT2D eigenvalue weighted by Crippen LogP contribution is 2.30. The Balaban J connectivity index is 0.00000480. The fourth-order valence-electron chi connectivity index (χ4n) is 2.99. The van der Waals surface area contributed by atoms with E-state index in [1.165, 1.54) is 25.3 Å². The lowest BCUT2D eigenvalue weighted by molar-refractivity contribution is -0.0876. The van der Waals surface area contributed by atoms with Crippen molar-refractivity contribution in [3.63, 3.8) is 0 Å². The molecule has 1 unspecified atom stereocenters. The number of hydrogen-bond donors (Lipinski definition) is 1. The predicted molar refractivity (Wildman–Crippen MR) is 120 cm³/mol. The maximum atomic E-state index is 13.8. The summed E-state index contributed by atoms with van der Waals surface area (Å²) < 4.78 is 48.2. The first-order chi connectivity index (χ1) is 14.2. The summed E-state index contributed by atoms with van der Waals surface area (Å²) in [4.78, 5) is 5.88. The normalized spacial score (nSPS) is 12.2. The Morgan fingerprint density at radius 3 is 2.35 bits per heavy atom. The van der Waals surface area contributed by atoms with E-state index in [4.69, 9.17) is 19.5 Å². The third-order valence-corrected chi connectivity index (χ3v) is 5.38. The van der Waals surface area contributed by atoms with E-state index in [1.807, 2.05) is 20.8 Å². The van der Waals surface area contributed by atoms with Gasteiger partial charge in [0.15, 0.2) is 11.5 Å². The van der Waals surface area contributed by atoms with Crippen molar-refractivity contribution in [2.45, 2.75) is 44.6 Å². The smallest absolute Gasteiger partial charge is 0.241 e. The second-order valence-electron chi connectivity index (χ2n) is 6.85. The number of hydrogen-bond acceptors (Lipinski definition) is 6. The molecule has 2 N–H and O–H groups in total. The molecule has 0 radical (unpaired) electrons.